The Bertz CT molecular complexity index is 611. The molecule has 2 aliphatic heterocycles. The van der Waals surface area contributed by atoms with E-state index in [1.165, 1.54) is 19.1 Å². The van der Waals surface area contributed by atoms with Gasteiger partial charge < -0.3 is 19.5 Å². The number of amides is 2. The van der Waals surface area contributed by atoms with E-state index in [0.717, 1.165) is 51.4 Å². The summed E-state index contributed by atoms with van der Waals surface area (Å²) in [5.74, 6) is 0.674. The highest BCUT2D eigenvalue weighted by atomic mass is 16.3. The zero-order valence-corrected chi connectivity index (χ0v) is 14.7. The predicted molar refractivity (Wildman–Crippen MR) is 93.1 cm³/mol. The van der Waals surface area contributed by atoms with E-state index in [4.69, 9.17) is 4.42 Å². The van der Waals surface area contributed by atoms with Gasteiger partial charge >= 0.3 is 0 Å². The molecule has 4 rings (SSSR count). The van der Waals surface area contributed by atoms with Crippen molar-refractivity contribution in [3.05, 3.63) is 24.2 Å². The van der Waals surface area contributed by atoms with Gasteiger partial charge in [0.05, 0.1) is 6.26 Å². The van der Waals surface area contributed by atoms with Gasteiger partial charge in [0.1, 0.15) is 6.04 Å². The van der Waals surface area contributed by atoms with Crippen molar-refractivity contribution in [2.45, 2.75) is 50.6 Å². The van der Waals surface area contributed by atoms with Crippen LogP contribution in [0, 0.1) is 5.92 Å². The van der Waals surface area contributed by atoms with E-state index in [1.54, 1.807) is 17.0 Å². The summed E-state index contributed by atoms with van der Waals surface area (Å²) in [6, 6.07) is 3.81. The topological polar surface area (TPSA) is 65.8 Å². The van der Waals surface area contributed by atoms with E-state index in [-0.39, 0.29) is 17.9 Å². The minimum Gasteiger partial charge on any atom is -0.459 e. The Morgan fingerprint density at radius 1 is 1.16 bits per heavy atom. The summed E-state index contributed by atoms with van der Waals surface area (Å²) >= 11 is 0. The van der Waals surface area contributed by atoms with Crippen molar-refractivity contribution in [2.75, 3.05) is 26.2 Å². The summed E-state index contributed by atoms with van der Waals surface area (Å²) in [6.07, 6.45) is 8.00. The van der Waals surface area contributed by atoms with Gasteiger partial charge in [-0.1, -0.05) is 0 Å². The van der Waals surface area contributed by atoms with Gasteiger partial charge in [0.2, 0.25) is 5.91 Å². The number of hydrogen-bond acceptors (Lipinski definition) is 4. The molecular weight excluding hydrogens is 318 g/mol. The van der Waals surface area contributed by atoms with Gasteiger partial charge in [0, 0.05) is 25.7 Å². The van der Waals surface area contributed by atoms with Gasteiger partial charge in [-0.25, -0.2) is 0 Å². The van der Waals surface area contributed by atoms with Gasteiger partial charge in [-0.15, -0.1) is 0 Å². The number of nitrogens with one attached hydrogen (secondary N) is 1. The summed E-state index contributed by atoms with van der Waals surface area (Å²) in [4.78, 5) is 29.6. The molecule has 2 amide bonds. The first-order chi connectivity index (χ1) is 12.2. The normalized spacial score (nSPS) is 27.4. The lowest BCUT2D eigenvalue weighted by Gasteiger charge is -2.34. The Labute approximate surface area is 148 Å². The molecule has 2 saturated heterocycles. The molecule has 0 spiro atoms. The summed E-state index contributed by atoms with van der Waals surface area (Å²) in [6.45, 7) is 3.61. The Morgan fingerprint density at radius 3 is 2.80 bits per heavy atom. The van der Waals surface area contributed by atoms with Crippen molar-refractivity contribution in [2.24, 2.45) is 5.92 Å². The van der Waals surface area contributed by atoms with Crippen molar-refractivity contribution in [3.8, 4) is 0 Å². The Balaban J connectivity index is 1.32. The van der Waals surface area contributed by atoms with Crippen LogP contribution >= 0.6 is 0 Å². The molecule has 6 nitrogen and oxygen atoms in total. The van der Waals surface area contributed by atoms with E-state index in [9.17, 15) is 9.59 Å². The molecule has 0 radical (unpaired) electrons. The van der Waals surface area contributed by atoms with Crippen LogP contribution in [0.25, 0.3) is 0 Å². The van der Waals surface area contributed by atoms with Crippen molar-refractivity contribution < 1.29 is 14.0 Å². The number of piperidine rings is 1. The maximum absolute atomic E-state index is 12.7. The summed E-state index contributed by atoms with van der Waals surface area (Å²) in [5.41, 5.74) is 0. The van der Waals surface area contributed by atoms with Crippen molar-refractivity contribution in [3.63, 3.8) is 0 Å². The highest BCUT2D eigenvalue weighted by Gasteiger charge is 2.36. The average molecular weight is 345 g/mol. The Kier molecular flexibility index (Phi) is 4.79. The van der Waals surface area contributed by atoms with Gasteiger partial charge in [0.15, 0.2) is 5.76 Å². The van der Waals surface area contributed by atoms with E-state index in [2.05, 4.69) is 10.2 Å². The number of likely N-dealkylation sites (tertiary alicyclic amines) is 2. The number of rotatable bonds is 5. The zero-order chi connectivity index (χ0) is 17.2. The lowest BCUT2D eigenvalue weighted by molar-refractivity contribution is -0.126. The quantitative estimate of drug-likeness (QED) is 0.885. The van der Waals surface area contributed by atoms with Crippen LogP contribution < -0.4 is 5.32 Å². The molecule has 3 fully saturated rings. The van der Waals surface area contributed by atoms with E-state index in [1.807, 2.05) is 0 Å². The first-order valence-electron chi connectivity index (χ1n) is 9.58. The van der Waals surface area contributed by atoms with Crippen LogP contribution in [0.3, 0.4) is 0 Å². The number of carbonyl (C=O) groups is 2. The third-order valence-electron chi connectivity index (χ3n) is 5.74. The summed E-state index contributed by atoms with van der Waals surface area (Å²) < 4.78 is 5.23. The average Bonchev–Trinajstić information content (AvgIpc) is 3.15. The molecule has 0 bridgehead atoms. The third kappa shape index (κ3) is 3.73. The second-order valence-electron chi connectivity index (χ2n) is 7.61. The van der Waals surface area contributed by atoms with Gasteiger partial charge in [-0.05, 0) is 63.1 Å². The van der Waals surface area contributed by atoms with Crippen LogP contribution in [0.5, 0.6) is 0 Å². The summed E-state index contributed by atoms with van der Waals surface area (Å²) in [5, 5.41) is 3.11. The van der Waals surface area contributed by atoms with Crippen molar-refractivity contribution in [1.82, 2.24) is 15.1 Å². The standard InChI is InChI=1S/C19H27N3O3/c23-18(20-12-14-8-10-21(13-14)15-6-7-15)16-4-1-2-9-22(16)19(24)17-5-3-11-25-17/h3,5,11,14-16H,1-2,4,6-10,12-13H2,(H,20,23). The fourth-order valence-electron chi connectivity index (χ4n) is 4.15. The maximum Gasteiger partial charge on any atom is 0.290 e. The van der Waals surface area contributed by atoms with Crippen LogP contribution in [0.2, 0.25) is 0 Å². The smallest absolute Gasteiger partial charge is 0.290 e. The van der Waals surface area contributed by atoms with Crippen molar-refractivity contribution >= 4 is 11.8 Å². The number of hydrogen-bond donors (Lipinski definition) is 1. The fraction of sp³-hybridized carbons (Fsp3) is 0.684. The lowest BCUT2D eigenvalue weighted by Crippen LogP contribution is -2.52. The second-order valence-corrected chi connectivity index (χ2v) is 7.61. The third-order valence-corrected chi connectivity index (χ3v) is 5.74. The molecule has 2 atom stereocenters. The predicted octanol–water partition coefficient (Wildman–Crippen LogP) is 1.87. The molecule has 3 aliphatic rings. The maximum atomic E-state index is 12.7. The number of nitrogens with zero attached hydrogens (tertiary/aromatic N) is 2. The van der Waals surface area contributed by atoms with Gasteiger partial charge in [-0.3, -0.25) is 9.59 Å². The monoisotopic (exact) mass is 345 g/mol. The highest BCUT2D eigenvalue weighted by molar-refractivity contribution is 5.95. The second kappa shape index (κ2) is 7.20. The number of furan rings is 1. The molecule has 6 heteroatoms. The minimum atomic E-state index is -0.368. The van der Waals surface area contributed by atoms with Crippen LogP contribution in [-0.4, -0.2) is 59.9 Å². The van der Waals surface area contributed by atoms with Crippen molar-refractivity contribution in [1.29, 1.82) is 0 Å². The molecule has 1 saturated carbocycles. The minimum absolute atomic E-state index is 0.00974. The van der Waals surface area contributed by atoms with E-state index in [0.29, 0.717) is 18.2 Å². The lowest BCUT2D eigenvalue weighted by atomic mass is 10.0. The zero-order valence-electron chi connectivity index (χ0n) is 14.7. The van der Waals surface area contributed by atoms with Gasteiger partial charge in [-0.2, -0.15) is 0 Å². The van der Waals surface area contributed by atoms with E-state index >= 15 is 0 Å². The van der Waals surface area contributed by atoms with Crippen LogP contribution in [-0.2, 0) is 4.79 Å². The largest absolute Gasteiger partial charge is 0.459 e. The molecule has 1 aromatic heterocycles. The molecule has 25 heavy (non-hydrogen) atoms. The SMILES string of the molecule is O=C(NCC1CCN(C2CC2)C1)C1CCCCN1C(=O)c1ccco1. The molecule has 3 heterocycles. The molecule has 1 aromatic rings. The van der Waals surface area contributed by atoms with Crippen LogP contribution in [0.1, 0.15) is 49.1 Å². The highest BCUT2D eigenvalue weighted by Crippen LogP contribution is 2.31. The Morgan fingerprint density at radius 2 is 2.04 bits per heavy atom. The molecule has 0 aromatic carbocycles. The molecule has 2 unspecified atom stereocenters. The molecule has 136 valence electrons. The van der Waals surface area contributed by atoms with Gasteiger partial charge in [0.25, 0.3) is 5.91 Å². The van der Waals surface area contributed by atoms with Crippen LogP contribution in [0.15, 0.2) is 22.8 Å². The van der Waals surface area contributed by atoms with Crippen LogP contribution in [0.4, 0.5) is 0 Å². The molecule has 1 N–H and O–H groups in total. The molecule has 1 aliphatic carbocycles. The first-order valence-corrected chi connectivity index (χ1v) is 9.58. The first kappa shape index (κ1) is 16.6. The Hall–Kier alpha value is -1.82. The fourth-order valence-corrected chi connectivity index (χ4v) is 4.15. The number of carbonyl (C=O) groups excluding carboxylic acids is 2. The molecular formula is C19H27N3O3. The summed E-state index contributed by atoms with van der Waals surface area (Å²) in [7, 11) is 0. The van der Waals surface area contributed by atoms with E-state index < -0.39 is 0 Å².